The van der Waals surface area contributed by atoms with Crippen molar-refractivity contribution in [2.75, 3.05) is 0 Å². The third-order valence-corrected chi connectivity index (χ3v) is 5.35. The molecule has 1 fully saturated rings. The fraction of sp³-hybridized carbons (Fsp3) is 0.381. The highest BCUT2D eigenvalue weighted by Crippen LogP contribution is 2.24. The van der Waals surface area contributed by atoms with Gasteiger partial charge in [-0.25, -0.2) is 0 Å². The minimum Gasteiger partial charge on any atom is -0.349 e. The lowest BCUT2D eigenvalue weighted by molar-refractivity contribution is 0.0932. The molecule has 3 aromatic rings. The maximum Gasteiger partial charge on any atom is 0.256 e. The molecule has 1 aliphatic carbocycles. The van der Waals surface area contributed by atoms with Crippen molar-refractivity contribution in [3.8, 4) is 11.3 Å². The van der Waals surface area contributed by atoms with E-state index >= 15 is 0 Å². The van der Waals surface area contributed by atoms with Gasteiger partial charge in [0.15, 0.2) is 0 Å². The largest absolute Gasteiger partial charge is 0.349 e. The number of carbonyl (C=O) groups is 1. The molecule has 6 nitrogen and oxygen atoms in total. The number of aromatic nitrogens is 3. The summed E-state index contributed by atoms with van der Waals surface area (Å²) < 4.78 is 1.64. The molecule has 6 heteroatoms. The van der Waals surface area contributed by atoms with E-state index in [1.165, 1.54) is 19.0 Å². The first-order valence-corrected chi connectivity index (χ1v) is 9.60. The number of H-pyrrole nitrogens is 1. The number of nitrogens with one attached hydrogen (secondary N) is 2. The molecule has 0 aliphatic heterocycles. The van der Waals surface area contributed by atoms with Crippen LogP contribution in [0.4, 0.5) is 0 Å². The van der Waals surface area contributed by atoms with Crippen LogP contribution in [0.3, 0.4) is 0 Å². The Hall–Kier alpha value is -2.89. The molecule has 27 heavy (non-hydrogen) atoms. The molecule has 0 atom stereocenters. The van der Waals surface area contributed by atoms with Crippen molar-refractivity contribution in [2.45, 2.75) is 44.6 Å². The van der Waals surface area contributed by atoms with Crippen LogP contribution >= 0.6 is 0 Å². The van der Waals surface area contributed by atoms with E-state index < -0.39 is 0 Å². The van der Waals surface area contributed by atoms with E-state index in [1.54, 1.807) is 11.7 Å². The van der Waals surface area contributed by atoms with Crippen LogP contribution in [0.1, 0.15) is 48.9 Å². The Bertz CT molecular complexity index is 1010. The Kier molecular flexibility index (Phi) is 4.79. The Balaban J connectivity index is 1.73. The molecular weight excluding hydrogens is 340 g/mol. The zero-order valence-electron chi connectivity index (χ0n) is 15.5. The van der Waals surface area contributed by atoms with Gasteiger partial charge in [-0.15, -0.1) is 0 Å². The van der Waals surface area contributed by atoms with Gasteiger partial charge < -0.3 is 10.3 Å². The summed E-state index contributed by atoms with van der Waals surface area (Å²) in [5.41, 5.74) is 1.94. The molecule has 1 aliphatic rings. The summed E-state index contributed by atoms with van der Waals surface area (Å²) in [6.45, 7) is 0. The minimum absolute atomic E-state index is 0.150. The molecule has 0 spiro atoms. The Morgan fingerprint density at radius 2 is 1.85 bits per heavy atom. The van der Waals surface area contributed by atoms with Crippen LogP contribution in [-0.4, -0.2) is 26.7 Å². The van der Waals surface area contributed by atoms with E-state index in [4.69, 9.17) is 0 Å². The maximum atomic E-state index is 13.2. The van der Waals surface area contributed by atoms with Gasteiger partial charge in [-0.3, -0.25) is 14.3 Å². The molecule has 0 saturated heterocycles. The highest BCUT2D eigenvalue weighted by atomic mass is 16.2. The summed E-state index contributed by atoms with van der Waals surface area (Å²) in [5.74, 6) is -0.298. The van der Waals surface area contributed by atoms with Gasteiger partial charge in [0, 0.05) is 24.8 Å². The second-order valence-corrected chi connectivity index (χ2v) is 7.26. The summed E-state index contributed by atoms with van der Waals surface area (Å²) in [7, 11) is 1.79. The smallest absolute Gasteiger partial charge is 0.256 e. The van der Waals surface area contributed by atoms with E-state index in [-0.39, 0.29) is 22.9 Å². The third-order valence-electron chi connectivity index (χ3n) is 5.35. The Morgan fingerprint density at radius 3 is 2.56 bits per heavy atom. The van der Waals surface area contributed by atoms with Gasteiger partial charge in [0.1, 0.15) is 16.9 Å². The van der Waals surface area contributed by atoms with Gasteiger partial charge >= 0.3 is 0 Å². The summed E-state index contributed by atoms with van der Waals surface area (Å²) in [4.78, 5) is 29.0. The van der Waals surface area contributed by atoms with E-state index in [1.807, 2.05) is 30.3 Å². The van der Waals surface area contributed by atoms with E-state index in [9.17, 15) is 9.59 Å². The normalized spacial score (nSPS) is 15.6. The predicted molar refractivity (Wildman–Crippen MR) is 106 cm³/mol. The highest BCUT2D eigenvalue weighted by molar-refractivity contribution is 6.00. The first-order chi connectivity index (χ1) is 13.1. The quantitative estimate of drug-likeness (QED) is 0.699. The molecule has 2 heterocycles. The first-order valence-electron chi connectivity index (χ1n) is 9.60. The number of hydrogen-bond donors (Lipinski definition) is 2. The topological polar surface area (TPSA) is 79.8 Å². The van der Waals surface area contributed by atoms with Crippen LogP contribution in [0.5, 0.6) is 0 Å². The van der Waals surface area contributed by atoms with Crippen molar-refractivity contribution >= 4 is 16.9 Å². The molecule has 1 aromatic carbocycles. The summed E-state index contributed by atoms with van der Waals surface area (Å²) >= 11 is 0. The van der Waals surface area contributed by atoms with Crippen LogP contribution in [-0.2, 0) is 7.05 Å². The molecule has 1 amide bonds. The van der Waals surface area contributed by atoms with Crippen molar-refractivity contribution in [3.63, 3.8) is 0 Å². The van der Waals surface area contributed by atoms with Crippen LogP contribution in [0, 0.1) is 0 Å². The van der Waals surface area contributed by atoms with Gasteiger partial charge in [-0.2, -0.15) is 5.10 Å². The van der Waals surface area contributed by atoms with Crippen LogP contribution in [0.2, 0.25) is 0 Å². The summed E-state index contributed by atoms with van der Waals surface area (Å²) in [5, 5.41) is 8.02. The lowest BCUT2D eigenvalue weighted by Crippen LogP contribution is -2.37. The van der Waals surface area contributed by atoms with Crippen LogP contribution in [0.25, 0.3) is 22.3 Å². The number of aromatic amines is 1. The molecule has 1 saturated carbocycles. The van der Waals surface area contributed by atoms with Crippen molar-refractivity contribution in [1.82, 2.24) is 20.1 Å². The monoisotopic (exact) mass is 364 g/mol. The number of nitrogens with zero attached hydrogens (tertiary/aromatic N) is 2. The third kappa shape index (κ3) is 3.39. The average Bonchev–Trinajstić information content (AvgIpc) is 2.84. The summed E-state index contributed by atoms with van der Waals surface area (Å²) in [6, 6.07) is 9.72. The number of carbonyl (C=O) groups excluding carboxylic acids is 1. The fourth-order valence-electron chi connectivity index (χ4n) is 3.90. The van der Waals surface area contributed by atoms with E-state index in [0.29, 0.717) is 16.7 Å². The second kappa shape index (κ2) is 7.39. The Morgan fingerprint density at radius 1 is 1.15 bits per heavy atom. The molecular formula is C21H24N4O2. The number of fused-ring (bicyclic) bond motifs is 1. The Labute approximate surface area is 157 Å². The predicted octanol–water partition coefficient (Wildman–Crippen LogP) is 3.38. The van der Waals surface area contributed by atoms with Crippen molar-refractivity contribution in [2.24, 2.45) is 7.05 Å². The van der Waals surface area contributed by atoms with Gasteiger partial charge in [0.25, 0.3) is 5.91 Å². The molecule has 4 rings (SSSR count). The lowest BCUT2D eigenvalue weighted by Gasteiger charge is -2.15. The lowest BCUT2D eigenvalue weighted by atomic mass is 10.1. The van der Waals surface area contributed by atoms with Crippen molar-refractivity contribution in [1.29, 1.82) is 0 Å². The zero-order valence-corrected chi connectivity index (χ0v) is 15.5. The number of hydrogen-bond acceptors (Lipinski definition) is 3. The zero-order chi connectivity index (χ0) is 18.8. The molecule has 0 unspecified atom stereocenters. The van der Waals surface area contributed by atoms with Crippen LogP contribution in [0.15, 0.2) is 41.3 Å². The maximum absolute atomic E-state index is 13.2. The molecule has 0 radical (unpaired) electrons. The number of benzene rings is 1. The number of pyridine rings is 1. The SMILES string of the molecule is Cn1nc(-c2ccccc2)c2c(=O)c(C(=O)NC3CCCCCC3)c[nH]c21. The van der Waals surface area contributed by atoms with Crippen molar-refractivity contribution in [3.05, 3.63) is 52.3 Å². The molecule has 140 valence electrons. The second-order valence-electron chi connectivity index (χ2n) is 7.26. The summed E-state index contributed by atoms with van der Waals surface area (Å²) in [6.07, 6.45) is 8.15. The van der Waals surface area contributed by atoms with Gasteiger partial charge in [0.05, 0.1) is 5.39 Å². The number of aryl methyl sites for hydroxylation is 1. The van der Waals surface area contributed by atoms with Gasteiger partial charge in [-0.05, 0) is 12.8 Å². The molecule has 2 N–H and O–H groups in total. The number of rotatable bonds is 3. The van der Waals surface area contributed by atoms with Crippen molar-refractivity contribution < 1.29 is 4.79 Å². The first kappa shape index (κ1) is 17.5. The fourth-order valence-corrected chi connectivity index (χ4v) is 3.90. The molecule has 2 aromatic heterocycles. The molecule has 0 bridgehead atoms. The van der Waals surface area contributed by atoms with Gasteiger partial charge in [0.2, 0.25) is 5.43 Å². The minimum atomic E-state index is -0.298. The number of amides is 1. The van der Waals surface area contributed by atoms with Gasteiger partial charge in [-0.1, -0.05) is 56.0 Å². The van der Waals surface area contributed by atoms with E-state index in [0.717, 1.165) is 31.2 Å². The average molecular weight is 364 g/mol. The van der Waals surface area contributed by atoms with Crippen LogP contribution < -0.4 is 10.7 Å². The highest BCUT2D eigenvalue weighted by Gasteiger charge is 2.22. The van der Waals surface area contributed by atoms with E-state index in [2.05, 4.69) is 15.4 Å². The standard InChI is InChI=1S/C21H24N4O2/c1-25-20-17(18(24-25)14-9-5-4-6-10-14)19(26)16(13-22-20)21(27)23-15-11-7-2-3-8-12-15/h4-6,9-10,13,15H,2-3,7-8,11-12H2,1H3,(H,22,26)(H,23,27).